The van der Waals surface area contributed by atoms with E-state index in [0.717, 1.165) is 0 Å². The molecule has 4 nitrogen and oxygen atoms in total. The van der Waals surface area contributed by atoms with Gasteiger partial charge in [-0.25, -0.2) is 9.37 Å². The molecule has 0 bridgehead atoms. The number of fused-ring (bicyclic) bond motifs is 1. The Kier molecular flexibility index (Phi) is 2.66. The van der Waals surface area contributed by atoms with E-state index in [0.29, 0.717) is 30.5 Å². The van der Waals surface area contributed by atoms with Gasteiger partial charge in [0.25, 0.3) is 0 Å². The Morgan fingerprint density at radius 3 is 3.11 bits per heavy atom. The van der Waals surface area contributed by atoms with Crippen molar-refractivity contribution in [2.24, 2.45) is 5.92 Å². The van der Waals surface area contributed by atoms with Gasteiger partial charge < -0.3 is 0 Å². The minimum absolute atomic E-state index is 0.00579. The van der Waals surface area contributed by atoms with Crippen LogP contribution >= 0.6 is 0 Å². The molecule has 92 valence electrons. The highest BCUT2D eigenvalue weighted by Gasteiger charge is 2.29. The lowest BCUT2D eigenvalue weighted by Gasteiger charge is -2.23. The fourth-order valence-electron chi connectivity index (χ4n) is 2.44. The molecule has 5 heteroatoms. The number of carbonyl (C=O) groups excluding carboxylic acids is 1. The standard InChI is InChI=1S/C13H12FN3O/c14-12-3-1-2-11-10(12)5-4-9(13(11)18)6-17-8-15-7-16-17/h1-3,7-9H,4-6H2. The van der Waals surface area contributed by atoms with Crippen LogP contribution in [-0.4, -0.2) is 20.5 Å². The second-order valence-electron chi connectivity index (χ2n) is 4.48. The molecule has 1 aliphatic carbocycles. The Labute approximate surface area is 103 Å². The molecule has 0 saturated heterocycles. The van der Waals surface area contributed by atoms with Crippen molar-refractivity contribution in [3.05, 3.63) is 47.8 Å². The average molecular weight is 245 g/mol. The molecule has 18 heavy (non-hydrogen) atoms. The predicted octanol–water partition coefficient (Wildman–Crippen LogP) is 1.86. The van der Waals surface area contributed by atoms with Gasteiger partial charge in [0.1, 0.15) is 18.5 Å². The number of Topliss-reactive ketones (excluding diaryl/α,β-unsaturated/α-hetero) is 1. The SMILES string of the molecule is O=C1c2cccc(F)c2CCC1Cn1cncn1. The van der Waals surface area contributed by atoms with Crippen LogP contribution in [0.2, 0.25) is 0 Å². The van der Waals surface area contributed by atoms with Gasteiger partial charge in [0.05, 0.1) is 6.54 Å². The van der Waals surface area contributed by atoms with E-state index in [1.807, 2.05) is 0 Å². The first-order chi connectivity index (χ1) is 8.75. The van der Waals surface area contributed by atoms with Gasteiger partial charge in [0.15, 0.2) is 5.78 Å². The minimum Gasteiger partial charge on any atom is -0.294 e. The van der Waals surface area contributed by atoms with Gasteiger partial charge in [0, 0.05) is 11.5 Å². The largest absolute Gasteiger partial charge is 0.294 e. The molecule has 0 aliphatic heterocycles. The van der Waals surface area contributed by atoms with E-state index in [9.17, 15) is 9.18 Å². The number of hydrogen-bond donors (Lipinski definition) is 0. The van der Waals surface area contributed by atoms with Crippen molar-refractivity contribution in [1.82, 2.24) is 14.8 Å². The Bertz CT molecular complexity index is 580. The second kappa shape index (κ2) is 4.33. The quantitative estimate of drug-likeness (QED) is 0.811. The topological polar surface area (TPSA) is 47.8 Å². The number of hydrogen-bond acceptors (Lipinski definition) is 3. The van der Waals surface area contributed by atoms with Gasteiger partial charge in [-0.05, 0) is 24.5 Å². The summed E-state index contributed by atoms with van der Waals surface area (Å²) in [5.41, 5.74) is 1.07. The number of benzene rings is 1. The Morgan fingerprint density at radius 2 is 2.33 bits per heavy atom. The molecule has 1 atom stereocenters. The summed E-state index contributed by atoms with van der Waals surface area (Å²) >= 11 is 0. The van der Waals surface area contributed by atoms with Crippen LogP contribution in [0.5, 0.6) is 0 Å². The van der Waals surface area contributed by atoms with E-state index in [2.05, 4.69) is 10.1 Å². The molecule has 2 aromatic rings. The summed E-state index contributed by atoms with van der Waals surface area (Å²) in [6.45, 7) is 0.509. The minimum atomic E-state index is -0.278. The molecular formula is C13H12FN3O. The molecule has 1 aromatic heterocycles. The summed E-state index contributed by atoms with van der Waals surface area (Å²) in [6.07, 6.45) is 4.30. The van der Waals surface area contributed by atoms with E-state index < -0.39 is 0 Å². The molecule has 0 radical (unpaired) electrons. The van der Waals surface area contributed by atoms with Crippen LogP contribution in [-0.2, 0) is 13.0 Å². The van der Waals surface area contributed by atoms with Gasteiger partial charge in [0.2, 0.25) is 0 Å². The molecule has 1 aromatic carbocycles. The molecule has 0 saturated carbocycles. The van der Waals surface area contributed by atoms with Crippen molar-refractivity contribution >= 4 is 5.78 Å². The average Bonchev–Trinajstić information content (AvgIpc) is 2.86. The summed E-state index contributed by atoms with van der Waals surface area (Å²) in [5.74, 6) is -0.410. The maximum Gasteiger partial charge on any atom is 0.168 e. The molecule has 0 N–H and O–H groups in total. The number of carbonyl (C=O) groups is 1. The van der Waals surface area contributed by atoms with Crippen molar-refractivity contribution in [3.8, 4) is 0 Å². The van der Waals surface area contributed by atoms with Gasteiger partial charge in [-0.1, -0.05) is 12.1 Å². The summed E-state index contributed by atoms with van der Waals surface area (Å²) in [5, 5.41) is 4.00. The normalized spacial score (nSPS) is 18.7. The van der Waals surface area contributed by atoms with Crippen molar-refractivity contribution < 1.29 is 9.18 Å². The van der Waals surface area contributed by atoms with Gasteiger partial charge in [-0.15, -0.1) is 0 Å². The van der Waals surface area contributed by atoms with E-state index >= 15 is 0 Å². The predicted molar refractivity (Wildman–Crippen MR) is 62.6 cm³/mol. The number of nitrogens with zero attached hydrogens (tertiary/aromatic N) is 3. The lowest BCUT2D eigenvalue weighted by Crippen LogP contribution is -2.27. The van der Waals surface area contributed by atoms with E-state index in [-0.39, 0.29) is 17.5 Å². The van der Waals surface area contributed by atoms with Crippen molar-refractivity contribution in [3.63, 3.8) is 0 Å². The summed E-state index contributed by atoms with van der Waals surface area (Å²) < 4.78 is 15.2. The number of ketones is 1. The lowest BCUT2D eigenvalue weighted by molar-refractivity contribution is 0.0883. The monoisotopic (exact) mass is 245 g/mol. The van der Waals surface area contributed by atoms with Crippen LogP contribution in [0.4, 0.5) is 4.39 Å². The van der Waals surface area contributed by atoms with Crippen LogP contribution < -0.4 is 0 Å². The molecule has 0 fully saturated rings. The van der Waals surface area contributed by atoms with Crippen LogP contribution in [0.25, 0.3) is 0 Å². The maximum atomic E-state index is 13.6. The third kappa shape index (κ3) is 1.81. The summed E-state index contributed by atoms with van der Waals surface area (Å²) in [7, 11) is 0. The van der Waals surface area contributed by atoms with E-state index in [1.54, 1.807) is 23.1 Å². The zero-order valence-electron chi connectivity index (χ0n) is 9.71. The van der Waals surface area contributed by atoms with Crippen molar-refractivity contribution in [2.45, 2.75) is 19.4 Å². The highest BCUT2D eigenvalue weighted by atomic mass is 19.1. The van der Waals surface area contributed by atoms with Crippen molar-refractivity contribution in [1.29, 1.82) is 0 Å². The fraction of sp³-hybridized carbons (Fsp3) is 0.308. The van der Waals surface area contributed by atoms with Crippen LogP contribution in [0.1, 0.15) is 22.3 Å². The second-order valence-corrected chi connectivity index (χ2v) is 4.48. The molecule has 1 aliphatic rings. The Hall–Kier alpha value is -2.04. The highest BCUT2D eigenvalue weighted by Crippen LogP contribution is 2.28. The van der Waals surface area contributed by atoms with E-state index in [1.165, 1.54) is 12.4 Å². The number of rotatable bonds is 2. The zero-order valence-corrected chi connectivity index (χ0v) is 9.71. The smallest absolute Gasteiger partial charge is 0.168 e. The van der Waals surface area contributed by atoms with Crippen LogP contribution in [0.3, 0.4) is 0 Å². The number of halogens is 1. The molecule has 3 rings (SSSR count). The van der Waals surface area contributed by atoms with Gasteiger partial charge in [-0.2, -0.15) is 5.10 Å². The Balaban J connectivity index is 1.88. The van der Waals surface area contributed by atoms with Crippen LogP contribution in [0, 0.1) is 11.7 Å². The molecular weight excluding hydrogens is 233 g/mol. The summed E-state index contributed by atoms with van der Waals surface area (Å²) in [6, 6.07) is 4.70. The molecule has 1 heterocycles. The molecule has 0 spiro atoms. The first kappa shape index (κ1) is 11.1. The Morgan fingerprint density at radius 1 is 1.44 bits per heavy atom. The van der Waals surface area contributed by atoms with Gasteiger partial charge in [-0.3, -0.25) is 9.48 Å². The highest BCUT2D eigenvalue weighted by molar-refractivity contribution is 6.00. The first-order valence-electron chi connectivity index (χ1n) is 5.89. The third-order valence-corrected chi connectivity index (χ3v) is 3.37. The van der Waals surface area contributed by atoms with Crippen LogP contribution in [0.15, 0.2) is 30.9 Å². The lowest BCUT2D eigenvalue weighted by atomic mass is 9.82. The zero-order chi connectivity index (χ0) is 12.5. The molecule has 0 amide bonds. The first-order valence-corrected chi connectivity index (χ1v) is 5.89. The van der Waals surface area contributed by atoms with E-state index in [4.69, 9.17) is 0 Å². The van der Waals surface area contributed by atoms with Crippen molar-refractivity contribution in [2.75, 3.05) is 0 Å². The fourth-order valence-corrected chi connectivity index (χ4v) is 2.44. The maximum absolute atomic E-state index is 13.6. The van der Waals surface area contributed by atoms with Gasteiger partial charge >= 0.3 is 0 Å². The third-order valence-electron chi connectivity index (χ3n) is 3.37. The summed E-state index contributed by atoms with van der Waals surface area (Å²) in [4.78, 5) is 16.1. The molecule has 1 unspecified atom stereocenters. The number of aromatic nitrogens is 3.